The summed E-state index contributed by atoms with van der Waals surface area (Å²) in [6.45, 7) is 0. The quantitative estimate of drug-likeness (QED) is 0.385. The minimum absolute atomic E-state index is 0. The number of hydrogen-bond acceptors (Lipinski definition) is 0. The predicted molar refractivity (Wildman–Crippen MR) is 7.13 cm³/mol. The minimum Gasteiger partial charge on any atom is -2.00 e. The van der Waals surface area contributed by atoms with E-state index < -0.39 is 0 Å². The van der Waals surface area contributed by atoms with Gasteiger partial charge in [0.15, 0.2) is 0 Å². The van der Waals surface area contributed by atoms with Gasteiger partial charge in [-0.05, 0) is 0 Å². The maximum absolute atomic E-state index is 0. The summed E-state index contributed by atoms with van der Waals surface area (Å²) >= 11 is 0. The predicted octanol–water partition coefficient (Wildman–Crippen LogP) is -0.621. The molecule has 0 aliphatic heterocycles. The summed E-state index contributed by atoms with van der Waals surface area (Å²) in [6, 6.07) is 0. The zero-order chi connectivity index (χ0) is 0. The zero-order valence-electron chi connectivity index (χ0n) is 1.97. The van der Waals surface area contributed by atoms with Gasteiger partial charge in [-0.25, -0.2) is 0 Å². The minimum atomic E-state index is 0. The second kappa shape index (κ2) is 21.7. The average Bonchev–Trinajstić information content (AvgIpc) is 0. The van der Waals surface area contributed by atoms with E-state index in [-0.39, 0.29) is 67.2 Å². The monoisotopic (exact) mass is 123 g/mol. The van der Waals surface area contributed by atoms with E-state index in [0.717, 1.165) is 0 Å². The Balaban J connectivity index is 0. The SMILES string of the molecule is [Ca+2].[O-2].[O-2].[V]. The van der Waals surface area contributed by atoms with Crippen LogP contribution >= 0.6 is 0 Å². The molecule has 0 aromatic carbocycles. The smallest absolute Gasteiger partial charge is 2.00 e. The molecule has 0 rings (SSSR count). The molecule has 0 aromatic heterocycles. The van der Waals surface area contributed by atoms with E-state index in [1.54, 1.807) is 0 Å². The Bertz CT molecular complexity index is 6.00. The second-order valence-electron chi connectivity index (χ2n) is 0. The maximum atomic E-state index is 0. The summed E-state index contributed by atoms with van der Waals surface area (Å²) in [6.07, 6.45) is 0. The molecular weight excluding hydrogens is 123 g/mol. The fourth-order valence-corrected chi connectivity index (χ4v) is 0. The summed E-state index contributed by atoms with van der Waals surface area (Å²) in [4.78, 5) is 0. The molecule has 4 heavy (non-hydrogen) atoms. The van der Waals surface area contributed by atoms with Crippen molar-refractivity contribution in [3.05, 3.63) is 0 Å². The van der Waals surface area contributed by atoms with E-state index in [2.05, 4.69) is 0 Å². The molecule has 0 saturated heterocycles. The summed E-state index contributed by atoms with van der Waals surface area (Å²) in [5.74, 6) is 0. The first kappa shape index (κ1) is 42.0. The van der Waals surface area contributed by atoms with Gasteiger partial charge >= 0.3 is 37.7 Å². The molecule has 2 nitrogen and oxygen atoms in total. The Morgan fingerprint density at radius 2 is 0.750 bits per heavy atom. The van der Waals surface area contributed by atoms with Gasteiger partial charge in [0.25, 0.3) is 0 Å². The third kappa shape index (κ3) is 9.24. The molecule has 4 heteroatoms. The molecule has 0 bridgehead atoms. The first-order chi connectivity index (χ1) is 0. The molecule has 0 heterocycles. The van der Waals surface area contributed by atoms with E-state index in [0.29, 0.717) is 0 Å². The molecule has 1 radical (unpaired) electrons. The van der Waals surface area contributed by atoms with Crippen molar-refractivity contribution < 1.29 is 29.5 Å². The summed E-state index contributed by atoms with van der Waals surface area (Å²) in [5, 5.41) is 0. The fraction of sp³-hybridized carbons (Fsp3) is 0. The number of hydrogen-bond donors (Lipinski definition) is 0. The van der Waals surface area contributed by atoms with Gasteiger partial charge in [0.1, 0.15) is 0 Å². The van der Waals surface area contributed by atoms with Crippen LogP contribution in [0.3, 0.4) is 0 Å². The molecule has 0 amide bonds. The van der Waals surface area contributed by atoms with Crippen LogP contribution in [0.2, 0.25) is 0 Å². The van der Waals surface area contributed by atoms with Crippen molar-refractivity contribution in [3.8, 4) is 0 Å². The van der Waals surface area contributed by atoms with Gasteiger partial charge in [-0.2, -0.15) is 0 Å². The van der Waals surface area contributed by atoms with E-state index in [4.69, 9.17) is 0 Å². The van der Waals surface area contributed by atoms with Gasteiger partial charge in [0.05, 0.1) is 0 Å². The Labute approximate surface area is 66.5 Å². The van der Waals surface area contributed by atoms with Crippen LogP contribution in [0, 0.1) is 0 Å². The Kier molecular flexibility index (Phi) is 228. The van der Waals surface area contributed by atoms with Crippen LogP contribution in [-0.2, 0) is 29.5 Å². The van der Waals surface area contributed by atoms with Crippen molar-refractivity contribution in [2.24, 2.45) is 0 Å². The first-order valence-corrected chi connectivity index (χ1v) is 0. The van der Waals surface area contributed by atoms with Crippen molar-refractivity contribution in [3.63, 3.8) is 0 Å². The van der Waals surface area contributed by atoms with Gasteiger partial charge in [0.2, 0.25) is 0 Å². The Morgan fingerprint density at radius 3 is 0.750 bits per heavy atom. The molecule has 0 unspecified atom stereocenters. The normalized spacial score (nSPS) is 0. The largest absolute Gasteiger partial charge is 2.00 e. The fourth-order valence-electron chi connectivity index (χ4n) is 0. The van der Waals surface area contributed by atoms with Gasteiger partial charge in [-0.1, -0.05) is 0 Å². The van der Waals surface area contributed by atoms with Crippen LogP contribution < -0.4 is 0 Å². The van der Waals surface area contributed by atoms with Crippen LogP contribution in [-0.4, -0.2) is 37.7 Å². The molecule has 0 atom stereocenters. The van der Waals surface area contributed by atoms with Crippen LogP contribution in [0.4, 0.5) is 0 Å². The Morgan fingerprint density at radius 1 is 0.750 bits per heavy atom. The molecule has 0 N–H and O–H groups in total. The molecule has 0 fully saturated rings. The van der Waals surface area contributed by atoms with E-state index >= 15 is 0 Å². The van der Waals surface area contributed by atoms with Crippen molar-refractivity contribution in [1.29, 1.82) is 0 Å². The van der Waals surface area contributed by atoms with Crippen molar-refractivity contribution in [1.82, 2.24) is 0 Å². The summed E-state index contributed by atoms with van der Waals surface area (Å²) in [7, 11) is 0. The van der Waals surface area contributed by atoms with E-state index in [1.807, 2.05) is 0 Å². The van der Waals surface area contributed by atoms with Crippen LogP contribution in [0.5, 0.6) is 0 Å². The second-order valence-corrected chi connectivity index (χ2v) is 0. The van der Waals surface area contributed by atoms with Crippen molar-refractivity contribution >= 4 is 37.7 Å². The third-order valence-corrected chi connectivity index (χ3v) is 0. The zero-order valence-corrected chi connectivity index (χ0v) is 5.58. The molecule has 0 saturated carbocycles. The molecule has 0 spiro atoms. The molecular formula is CaO2V-2. The summed E-state index contributed by atoms with van der Waals surface area (Å²) < 4.78 is 0. The Hall–Kier alpha value is 1.76. The van der Waals surface area contributed by atoms with Gasteiger partial charge in [-0.15, -0.1) is 0 Å². The van der Waals surface area contributed by atoms with Crippen LogP contribution in [0.25, 0.3) is 0 Å². The summed E-state index contributed by atoms with van der Waals surface area (Å²) in [5.41, 5.74) is 0. The van der Waals surface area contributed by atoms with Gasteiger partial charge in [-0.3, -0.25) is 0 Å². The first-order valence-electron chi connectivity index (χ1n) is 0. The molecule has 0 aliphatic rings. The molecule has 21 valence electrons. The van der Waals surface area contributed by atoms with Gasteiger partial charge < -0.3 is 11.0 Å². The average molecular weight is 123 g/mol. The maximum Gasteiger partial charge on any atom is 2.00 e. The van der Waals surface area contributed by atoms with E-state index in [1.165, 1.54) is 0 Å². The third-order valence-electron chi connectivity index (χ3n) is 0. The van der Waals surface area contributed by atoms with Crippen LogP contribution in [0.15, 0.2) is 0 Å². The standard InChI is InChI=1S/Ca.2O.V/q+2;2*-2;. The van der Waals surface area contributed by atoms with Crippen LogP contribution in [0.1, 0.15) is 0 Å². The topological polar surface area (TPSA) is 57.0 Å². The van der Waals surface area contributed by atoms with Crippen molar-refractivity contribution in [2.75, 3.05) is 0 Å². The molecule has 0 aliphatic carbocycles. The number of rotatable bonds is 0. The van der Waals surface area contributed by atoms with E-state index in [9.17, 15) is 0 Å². The van der Waals surface area contributed by atoms with Gasteiger partial charge in [0, 0.05) is 18.6 Å². The van der Waals surface area contributed by atoms with Crippen molar-refractivity contribution in [2.45, 2.75) is 0 Å². The molecule has 0 aromatic rings.